The van der Waals surface area contributed by atoms with E-state index >= 15 is 0 Å². The maximum Gasteiger partial charge on any atom is 0.277 e. The summed E-state index contributed by atoms with van der Waals surface area (Å²) in [6.45, 7) is 1.42. The first-order valence-electron chi connectivity index (χ1n) is 8.39. The quantitative estimate of drug-likeness (QED) is 0.338. The molecule has 1 aromatic heterocycles. The predicted octanol–water partition coefficient (Wildman–Crippen LogP) is 1.83. The third kappa shape index (κ3) is 5.62. The van der Waals surface area contributed by atoms with E-state index in [2.05, 4.69) is 20.8 Å². The SMILES string of the molecule is CC(=O)Nc1ccc(-c2nnc(SCC(=O)Nc3ccccc3[NH+]([O-])O)o2)cc1. The molecular weight excluding hydrogens is 398 g/mol. The topological polar surface area (TPSA) is 145 Å². The van der Waals surface area contributed by atoms with E-state index in [9.17, 15) is 14.8 Å². The lowest BCUT2D eigenvalue weighted by Gasteiger charge is -2.15. The van der Waals surface area contributed by atoms with Gasteiger partial charge in [0.05, 0.1) is 5.75 Å². The third-order valence-corrected chi connectivity index (χ3v) is 4.44. The van der Waals surface area contributed by atoms with Crippen molar-refractivity contribution in [2.24, 2.45) is 0 Å². The van der Waals surface area contributed by atoms with Crippen LogP contribution < -0.4 is 15.9 Å². The molecule has 4 N–H and O–H groups in total. The summed E-state index contributed by atoms with van der Waals surface area (Å²) >= 11 is 1.03. The van der Waals surface area contributed by atoms with Gasteiger partial charge in [-0.15, -0.1) is 10.2 Å². The molecule has 0 saturated heterocycles. The van der Waals surface area contributed by atoms with Crippen LogP contribution in [-0.4, -0.2) is 33.0 Å². The van der Waals surface area contributed by atoms with Crippen molar-refractivity contribution in [1.29, 1.82) is 0 Å². The zero-order valence-corrected chi connectivity index (χ0v) is 16.0. The van der Waals surface area contributed by atoms with E-state index in [-0.39, 0.29) is 34.1 Å². The Balaban J connectivity index is 1.58. The van der Waals surface area contributed by atoms with E-state index in [1.54, 1.807) is 36.4 Å². The Kier molecular flexibility index (Phi) is 6.57. The Hall–Kier alpha value is -3.25. The fraction of sp³-hybridized carbons (Fsp3) is 0.111. The third-order valence-electron chi connectivity index (χ3n) is 3.62. The summed E-state index contributed by atoms with van der Waals surface area (Å²) in [6, 6.07) is 13.0. The number of rotatable bonds is 7. The first-order valence-corrected chi connectivity index (χ1v) is 9.37. The Morgan fingerprint density at radius 3 is 2.55 bits per heavy atom. The van der Waals surface area contributed by atoms with Crippen LogP contribution >= 0.6 is 11.8 Å². The number of quaternary nitrogens is 1. The Morgan fingerprint density at radius 2 is 1.86 bits per heavy atom. The van der Waals surface area contributed by atoms with Crippen LogP contribution in [0.3, 0.4) is 0 Å². The van der Waals surface area contributed by atoms with Gasteiger partial charge in [-0.1, -0.05) is 23.9 Å². The smallest absolute Gasteiger partial charge is 0.277 e. The number of hydrogen-bond acceptors (Lipinski definition) is 8. The maximum absolute atomic E-state index is 12.1. The number of carbonyl (C=O) groups is 2. The highest BCUT2D eigenvalue weighted by molar-refractivity contribution is 7.99. The Bertz CT molecular complexity index is 1010. The summed E-state index contributed by atoms with van der Waals surface area (Å²) < 4.78 is 5.53. The summed E-state index contributed by atoms with van der Waals surface area (Å²) in [5.74, 6) is -0.322. The molecule has 0 radical (unpaired) electrons. The van der Waals surface area contributed by atoms with Crippen LogP contribution in [0.15, 0.2) is 58.2 Å². The first kappa shape index (κ1) is 20.5. The molecule has 0 aliphatic rings. The zero-order chi connectivity index (χ0) is 20.8. The van der Waals surface area contributed by atoms with Gasteiger partial charge in [0, 0.05) is 24.2 Å². The van der Waals surface area contributed by atoms with Gasteiger partial charge in [-0.3, -0.25) is 9.59 Å². The van der Waals surface area contributed by atoms with Gasteiger partial charge in [0.25, 0.3) is 5.22 Å². The molecule has 0 bridgehead atoms. The minimum atomic E-state index is -1.13. The molecule has 0 fully saturated rings. The van der Waals surface area contributed by atoms with Crippen LogP contribution in [0.4, 0.5) is 17.1 Å². The van der Waals surface area contributed by atoms with Crippen molar-refractivity contribution < 1.29 is 24.4 Å². The fourth-order valence-corrected chi connectivity index (χ4v) is 2.94. The lowest BCUT2D eigenvalue weighted by molar-refractivity contribution is -0.990. The Morgan fingerprint density at radius 1 is 1.14 bits per heavy atom. The normalized spacial score (nSPS) is 11.7. The molecule has 1 heterocycles. The number of para-hydroxylation sites is 2. The van der Waals surface area contributed by atoms with Gasteiger partial charge in [0.2, 0.25) is 17.7 Å². The predicted molar refractivity (Wildman–Crippen MR) is 106 cm³/mol. The lowest BCUT2D eigenvalue weighted by Crippen LogP contribution is -2.99. The van der Waals surface area contributed by atoms with Crippen LogP contribution in [0.2, 0.25) is 0 Å². The van der Waals surface area contributed by atoms with Crippen molar-refractivity contribution in [3.8, 4) is 11.5 Å². The number of hydrogen-bond donors (Lipinski definition) is 4. The largest absolute Gasteiger partial charge is 0.595 e. The van der Waals surface area contributed by atoms with Gasteiger partial charge in [0.15, 0.2) is 5.69 Å². The van der Waals surface area contributed by atoms with E-state index < -0.39 is 11.1 Å². The van der Waals surface area contributed by atoms with Crippen molar-refractivity contribution in [3.05, 3.63) is 53.7 Å². The van der Waals surface area contributed by atoms with E-state index in [1.807, 2.05) is 0 Å². The average molecular weight is 415 g/mol. The fourth-order valence-electron chi connectivity index (χ4n) is 2.38. The molecule has 3 rings (SSSR count). The van der Waals surface area contributed by atoms with Gasteiger partial charge in [-0.25, -0.2) is 5.21 Å². The standard InChI is InChI=1S/C18H17N5O5S/c1-11(24)19-13-8-6-12(7-9-13)17-21-22-18(28-17)29-10-16(25)20-14-4-2-3-5-15(14)23(26)27/h2-9,23,26H,10H2,1H3,(H,19,24)(H,20,25). The van der Waals surface area contributed by atoms with Gasteiger partial charge >= 0.3 is 0 Å². The van der Waals surface area contributed by atoms with E-state index in [4.69, 9.17) is 9.62 Å². The number of amides is 2. The average Bonchev–Trinajstić information content (AvgIpc) is 3.16. The molecule has 3 aromatic rings. The monoisotopic (exact) mass is 415 g/mol. The van der Waals surface area contributed by atoms with Crippen LogP contribution in [0, 0.1) is 5.21 Å². The molecule has 0 aliphatic carbocycles. The molecule has 2 amide bonds. The number of carbonyl (C=O) groups excluding carboxylic acids is 2. The summed E-state index contributed by atoms with van der Waals surface area (Å²) in [4.78, 5) is 23.2. The van der Waals surface area contributed by atoms with Gasteiger partial charge in [0.1, 0.15) is 5.69 Å². The number of nitrogens with zero attached hydrogens (tertiary/aromatic N) is 2. The highest BCUT2D eigenvalue weighted by Crippen LogP contribution is 2.25. The summed E-state index contributed by atoms with van der Waals surface area (Å²) in [5.41, 5.74) is 1.54. The van der Waals surface area contributed by atoms with Gasteiger partial charge < -0.3 is 20.3 Å². The molecule has 2 aromatic carbocycles. The van der Waals surface area contributed by atoms with E-state index in [1.165, 1.54) is 19.1 Å². The van der Waals surface area contributed by atoms with Crippen molar-refractivity contribution in [1.82, 2.24) is 10.2 Å². The van der Waals surface area contributed by atoms with Crippen molar-refractivity contribution in [2.75, 3.05) is 16.4 Å². The second-order valence-electron chi connectivity index (χ2n) is 5.82. The molecule has 0 saturated carbocycles. The van der Waals surface area contributed by atoms with Gasteiger partial charge in [-0.2, -0.15) is 5.23 Å². The van der Waals surface area contributed by atoms with Crippen molar-refractivity contribution >= 4 is 40.6 Å². The summed E-state index contributed by atoms with van der Waals surface area (Å²) in [7, 11) is 0. The molecule has 10 nitrogen and oxygen atoms in total. The van der Waals surface area contributed by atoms with Gasteiger partial charge in [-0.05, 0) is 30.3 Å². The molecule has 1 unspecified atom stereocenters. The highest BCUT2D eigenvalue weighted by atomic mass is 32.2. The van der Waals surface area contributed by atoms with E-state index in [0.717, 1.165) is 11.8 Å². The molecule has 0 aliphatic heterocycles. The van der Waals surface area contributed by atoms with Crippen LogP contribution in [0.1, 0.15) is 6.92 Å². The number of benzene rings is 2. The second-order valence-corrected chi connectivity index (χ2v) is 6.75. The molecule has 29 heavy (non-hydrogen) atoms. The molecule has 150 valence electrons. The van der Waals surface area contributed by atoms with Crippen molar-refractivity contribution in [2.45, 2.75) is 12.1 Å². The first-order chi connectivity index (χ1) is 13.9. The molecule has 11 heteroatoms. The summed E-state index contributed by atoms with van der Waals surface area (Å²) in [6.07, 6.45) is 0. The molecular formula is C18H17N5O5S. The second kappa shape index (κ2) is 9.30. The zero-order valence-electron chi connectivity index (χ0n) is 15.2. The molecule has 1 atom stereocenters. The summed E-state index contributed by atoms with van der Waals surface area (Å²) in [5, 5.41) is 32.5. The Labute approximate surface area is 169 Å². The number of anilines is 2. The molecule has 0 spiro atoms. The lowest BCUT2D eigenvalue weighted by atomic mass is 10.2. The van der Waals surface area contributed by atoms with Crippen LogP contribution in [-0.2, 0) is 9.59 Å². The van der Waals surface area contributed by atoms with Crippen molar-refractivity contribution in [3.63, 3.8) is 0 Å². The van der Waals surface area contributed by atoms with Crippen LogP contribution in [0.25, 0.3) is 11.5 Å². The minimum Gasteiger partial charge on any atom is -0.595 e. The van der Waals surface area contributed by atoms with Crippen LogP contribution in [0.5, 0.6) is 0 Å². The number of nitrogens with one attached hydrogen (secondary N) is 3. The number of thioether (sulfide) groups is 1. The number of aromatic nitrogens is 2. The highest BCUT2D eigenvalue weighted by Gasteiger charge is 2.14. The maximum atomic E-state index is 12.1. The minimum absolute atomic E-state index is 0.00800. The van der Waals surface area contributed by atoms with E-state index in [0.29, 0.717) is 11.3 Å².